The second-order valence-corrected chi connectivity index (χ2v) is 6.80. The van der Waals surface area contributed by atoms with E-state index < -0.39 is 0 Å². The van der Waals surface area contributed by atoms with E-state index in [1.54, 1.807) is 0 Å². The molecule has 26 heavy (non-hydrogen) atoms. The first-order valence-corrected chi connectivity index (χ1v) is 8.39. The second kappa shape index (κ2) is 9.79. The largest absolute Gasteiger partial charge is 3.00 e. The maximum absolute atomic E-state index is 2.38. The molecule has 4 rings (SSSR count). The summed E-state index contributed by atoms with van der Waals surface area (Å²) in [6.45, 7) is 4.56. The van der Waals surface area contributed by atoms with Crippen LogP contribution in [0.15, 0.2) is 72.8 Å². The molecule has 0 saturated heterocycles. The van der Waals surface area contributed by atoms with Crippen LogP contribution < -0.4 is 24.8 Å². The third-order valence-corrected chi connectivity index (χ3v) is 4.53. The van der Waals surface area contributed by atoms with Gasteiger partial charge in [0.2, 0.25) is 0 Å². The molecule has 0 aliphatic rings. The first-order valence-electron chi connectivity index (χ1n) is 8.39. The standard InChI is InChI=1S/C23H21.2ClH.Zr/c1-16(2)13-17-14-19-9-6-12-22(23(19)15-17)21-11-5-8-18-7-3-4-10-20(18)21;;;/h3-12,14-16H,13H2,1-2H3;2*1H;/q-1;;;+3/p-2. The summed E-state index contributed by atoms with van der Waals surface area (Å²) in [6, 6.07) is 26.6. The Kier molecular flexibility index (Phi) is 8.67. The summed E-state index contributed by atoms with van der Waals surface area (Å²) in [4.78, 5) is 0. The van der Waals surface area contributed by atoms with Crippen LogP contribution in [-0.4, -0.2) is 0 Å². The molecule has 0 nitrogen and oxygen atoms in total. The van der Waals surface area contributed by atoms with E-state index in [0.717, 1.165) is 6.42 Å². The van der Waals surface area contributed by atoms with Crippen molar-refractivity contribution in [2.45, 2.75) is 20.3 Å². The molecule has 0 atom stereocenters. The van der Waals surface area contributed by atoms with Gasteiger partial charge in [0.05, 0.1) is 0 Å². The zero-order valence-corrected chi connectivity index (χ0v) is 18.9. The number of fused-ring (bicyclic) bond motifs is 2. The van der Waals surface area contributed by atoms with Crippen LogP contribution in [-0.2, 0) is 32.6 Å². The first-order chi connectivity index (χ1) is 11.2. The minimum atomic E-state index is 0. The van der Waals surface area contributed by atoms with Gasteiger partial charge >= 0.3 is 26.2 Å². The molecule has 0 aliphatic carbocycles. The zero-order chi connectivity index (χ0) is 15.8. The Morgan fingerprint density at radius 2 is 1.38 bits per heavy atom. The van der Waals surface area contributed by atoms with Crippen LogP contribution in [0.4, 0.5) is 0 Å². The molecule has 0 N–H and O–H groups in total. The van der Waals surface area contributed by atoms with Crippen molar-refractivity contribution in [2.75, 3.05) is 0 Å². The summed E-state index contributed by atoms with van der Waals surface area (Å²) in [7, 11) is 0. The maximum Gasteiger partial charge on any atom is 3.00 e. The third-order valence-electron chi connectivity index (χ3n) is 4.53. The average molecular weight is 460 g/mol. The van der Waals surface area contributed by atoms with Gasteiger partial charge in [-0.15, -0.1) is 34.5 Å². The molecule has 0 bridgehead atoms. The molecule has 131 valence electrons. The third kappa shape index (κ3) is 4.45. The van der Waals surface area contributed by atoms with Gasteiger partial charge in [0.15, 0.2) is 0 Å². The van der Waals surface area contributed by atoms with Gasteiger partial charge in [0.25, 0.3) is 0 Å². The monoisotopic (exact) mass is 457 g/mol. The Morgan fingerprint density at radius 1 is 0.769 bits per heavy atom. The molecule has 1 radical (unpaired) electrons. The van der Waals surface area contributed by atoms with Gasteiger partial charge in [-0.2, -0.15) is 6.07 Å². The molecule has 0 unspecified atom stereocenters. The van der Waals surface area contributed by atoms with E-state index in [1.165, 1.54) is 38.2 Å². The minimum Gasteiger partial charge on any atom is -1.00 e. The molecule has 4 aromatic rings. The smallest absolute Gasteiger partial charge is 1.00 e. The van der Waals surface area contributed by atoms with Crippen LogP contribution in [0.2, 0.25) is 0 Å². The number of hydrogen-bond acceptors (Lipinski definition) is 0. The van der Waals surface area contributed by atoms with Crippen molar-refractivity contribution in [3.05, 3.63) is 78.4 Å². The van der Waals surface area contributed by atoms with Crippen molar-refractivity contribution in [1.29, 1.82) is 0 Å². The fraction of sp³-hybridized carbons (Fsp3) is 0.174. The molecule has 0 amide bonds. The predicted octanol–water partition coefficient (Wildman–Crippen LogP) is 0.583. The minimum absolute atomic E-state index is 0. The molecule has 0 aliphatic heterocycles. The van der Waals surface area contributed by atoms with Gasteiger partial charge in [0.1, 0.15) is 0 Å². The number of hydrogen-bond donors (Lipinski definition) is 0. The molecule has 4 aromatic carbocycles. The van der Waals surface area contributed by atoms with Crippen LogP contribution in [0.3, 0.4) is 0 Å². The van der Waals surface area contributed by atoms with Crippen molar-refractivity contribution >= 4 is 21.5 Å². The summed E-state index contributed by atoms with van der Waals surface area (Å²) < 4.78 is 0. The van der Waals surface area contributed by atoms with Crippen LogP contribution in [0.1, 0.15) is 19.4 Å². The molecular formula is C23H21Cl2Zr. The summed E-state index contributed by atoms with van der Waals surface area (Å²) in [5, 5.41) is 5.36. The van der Waals surface area contributed by atoms with Crippen molar-refractivity contribution in [2.24, 2.45) is 5.92 Å². The van der Waals surface area contributed by atoms with Gasteiger partial charge in [-0.05, 0) is 28.7 Å². The fourth-order valence-electron chi connectivity index (χ4n) is 3.58. The Bertz CT molecular complexity index is 981. The summed E-state index contributed by atoms with van der Waals surface area (Å²) >= 11 is 0. The molecule has 0 saturated carbocycles. The fourth-order valence-corrected chi connectivity index (χ4v) is 3.58. The topological polar surface area (TPSA) is 0 Å². The SMILES string of the molecule is CC(C)Cc1cc2c(-c3cccc4ccccc34)cccc2[cH-]1.[Cl-].[Cl-].[Zr+3]. The van der Waals surface area contributed by atoms with Crippen molar-refractivity contribution in [1.82, 2.24) is 0 Å². The van der Waals surface area contributed by atoms with E-state index in [4.69, 9.17) is 0 Å². The molecule has 0 fully saturated rings. The van der Waals surface area contributed by atoms with E-state index >= 15 is 0 Å². The zero-order valence-electron chi connectivity index (χ0n) is 15.0. The van der Waals surface area contributed by atoms with E-state index in [2.05, 4.69) is 86.6 Å². The normalized spacial score (nSPS) is 10.3. The van der Waals surface area contributed by atoms with E-state index in [-0.39, 0.29) is 51.0 Å². The number of benzene rings is 3. The number of halogens is 2. The van der Waals surface area contributed by atoms with E-state index in [1.807, 2.05) is 0 Å². The Labute approximate surface area is 187 Å². The maximum atomic E-state index is 2.38. The van der Waals surface area contributed by atoms with Crippen LogP contribution in [0.25, 0.3) is 32.7 Å². The van der Waals surface area contributed by atoms with Gasteiger partial charge in [0, 0.05) is 0 Å². The quantitative estimate of drug-likeness (QED) is 0.394. The van der Waals surface area contributed by atoms with E-state index in [9.17, 15) is 0 Å². The molecule has 0 heterocycles. The van der Waals surface area contributed by atoms with Gasteiger partial charge in [-0.3, -0.25) is 0 Å². The summed E-state index contributed by atoms with van der Waals surface area (Å²) in [5.74, 6) is 0.688. The molecular weight excluding hydrogens is 438 g/mol. The molecule has 0 aromatic heterocycles. The van der Waals surface area contributed by atoms with Gasteiger partial charge in [-0.1, -0.05) is 67.9 Å². The van der Waals surface area contributed by atoms with Crippen molar-refractivity contribution in [3.63, 3.8) is 0 Å². The summed E-state index contributed by atoms with van der Waals surface area (Å²) in [6.07, 6.45) is 1.14. The average Bonchev–Trinajstić information content (AvgIpc) is 2.95. The first kappa shape index (κ1) is 23.0. The Morgan fingerprint density at radius 3 is 2.12 bits per heavy atom. The predicted molar refractivity (Wildman–Crippen MR) is 101 cm³/mol. The Hall–Kier alpha value is -1.01. The van der Waals surface area contributed by atoms with E-state index in [0.29, 0.717) is 5.92 Å². The van der Waals surface area contributed by atoms with Crippen LogP contribution in [0.5, 0.6) is 0 Å². The van der Waals surface area contributed by atoms with Crippen molar-refractivity contribution < 1.29 is 51.0 Å². The van der Waals surface area contributed by atoms with Crippen molar-refractivity contribution in [3.8, 4) is 11.1 Å². The van der Waals surface area contributed by atoms with Gasteiger partial charge in [-0.25, -0.2) is 0 Å². The molecule has 3 heteroatoms. The van der Waals surface area contributed by atoms with Crippen LogP contribution >= 0.6 is 0 Å². The summed E-state index contributed by atoms with van der Waals surface area (Å²) in [5.41, 5.74) is 4.12. The molecule has 0 spiro atoms. The van der Waals surface area contributed by atoms with Gasteiger partial charge < -0.3 is 24.8 Å². The Balaban J connectivity index is 0.00000113. The van der Waals surface area contributed by atoms with Crippen LogP contribution in [0, 0.1) is 5.92 Å². The number of rotatable bonds is 3. The second-order valence-electron chi connectivity index (χ2n) is 6.80.